The molecule has 0 aromatic heterocycles. The molecular weight excluding hydrogens is 276 g/mol. The van der Waals surface area contributed by atoms with E-state index in [0.717, 1.165) is 11.3 Å². The number of carbonyl (C=O) groups excluding carboxylic acids is 1. The average Bonchev–Trinajstić information content (AvgIpc) is 2.54. The number of amides is 1. The van der Waals surface area contributed by atoms with Gasteiger partial charge in [-0.1, -0.05) is 48.5 Å². The summed E-state index contributed by atoms with van der Waals surface area (Å²) < 4.78 is 0. The molecular formula is C18H22N2O2. The summed E-state index contributed by atoms with van der Waals surface area (Å²) in [7, 11) is 0. The molecule has 2 rings (SSSR count). The van der Waals surface area contributed by atoms with Gasteiger partial charge in [0.2, 0.25) is 5.91 Å². The highest BCUT2D eigenvalue weighted by atomic mass is 16.3. The normalized spacial score (nSPS) is 13.4. The molecule has 2 atom stereocenters. The summed E-state index contributed by atoms with van der Waals surface area (Å²) in [5, 5.41) is 16.1. The number of rotatable bonds is 7. The van der Waals surface area contributed by atoms with Crippen molar-refractivity contribution in [1.82, 2.24) is 5.32 Å². The Labute approximate surface area is 131 Å². The summed E-state index contributed by atoms with van der Waals surface area (Å²) >= 11 is 0. The van der Waals surface area contributed by atoms with Crippen LogP contribution in [0.15, 0.2) is 60.7 Å². The smallest absolute Gasteiger partial charge is 0.225 e. The molecule has 0 bridgehead atoms. The molecule has 0 heterocycles. The first-order valence-corrected chi connectivity index (χ1v) is 7.46. The highest BCUT2D eigenvalue weighted by Gasteiger charge is 2.12. The molecule has 3 N–H and O–H groups in total. The predicted octanol–water partition coefficient (Wildman–Crippen LogP) is 2.73. The molecule has 0 aliphatic rings. The van der Waals surface area contributed by atoms with Crippen LogP contribution in [-0.2, 0) is 4.79 Å². The Morgan fingerprint density at radius 2 is 1.64 bits per heavy atom. The Balaban J connectivity index is 1.73. The van der Waals surface area contributed by atoms with E-state index in [-0.39, 0.29) is 11.9 Å². The van der Waals surface area contributed by atoms with Crippen molar-refractivity contribution >= 4 is 11.6 Å². The van der Waals surface area contributed by atoms with E-state index >= 15 is 0 Å². The molecule has 2 unspecified atom stereocenters. The van der Waals surface area contributed by atoms with E-state index in [1.807, 2.05) is 67.6 Å². The summed E-state index contributed by atoms with van der Waals surface area (Å²) in [4.78, 5) is 11.9. The minimum Gasteiger partial charge on any atom is -0.387 e. The third-order valence-corrected chi connectivity index (χ3v) is 3.39. The number of carbonyl (C=O) groups is 1. The van der Waals surface area contributed by atoms with E-state index in [1.165, 1.54) is 0 Å². The van der Waals surface area contributed by atoms with E-state index < -0.39 is 6.10 Å². The highest BCUT2D eigenvalue weighted by molar-refractivity contribution is 5.90. The summed E-state index contributed by atoms with van der Waals surface area (Å²) in [5.41, 5.74) is 1.67. The summed E-state index contributed by atoms with van der Waals surface area (Å²) in [6.45, 7) is 2.35. The molecule has 22 heavy (non-hydrogen) atoms. The largest absolute Gasteiger partial charge is 0.387 e. The zero-order valence-corrected chi connectivity index (χ0v) is 12.7. The zero-order chi connectivity index (χ0) is 15.8. The molecule has 0 fully saturated rings. The van der Waals surface area contributed by atoms with Gasteiger partial charge in [0, 0.05) is 24.7 Å². The van der Waals surface area contributed by atoms with Gasteiger partial charge >= 0.3 is 0 Å². The minimum atomic E-state index is -0.569. The molecule has 2 aromatic rings. The Bertz CT molecular complexity index is 572. The Kier molecular flexibility index (Phi) is 6.13. The number of nitrogens with one attached hydrogen (secondary N) is 2. The van der Waals surface area contributed by atoms with Crippen LogP contribution in [0.5, 0.6) is 0 Å². The van der Waals surface area contributed by atoms with E-state index in [0.29, 0.717) is 13.0 Å². The van der Waals surface area contributed by atoms with Crippen molar-refractivity contribution in [3.05, 3.63) is 66.2 Å². The Morgan fingerprint density at radius 1 is 1.05 bits per heavy atom. The standard InChI is InChI=1S/C18H22N2O2/c1-14(12-18(22)20-16-10-6-3-7-11-16)19-13-17(21)15-8-4-2-5-9-15/h2-11,14,17,19,21H,12-13H2,1H3,(H,20,22). The summed E-state index contributed by atoms with van der Waals surface area (Å²) in [5.74, 6) is -0.0413. The van der Waals surface area contributed by atoms with Crippen LogP contribution < -0.4 is 10.6 Å². The fourth-order valence-corrected chi connectivity index (χ4v) is 2.19. The number of aliphatic hydroxyl groups excluding tert-OH is 1. The van der Waals surface area contributed by atoms with Crippen LogP contribution in [0.25, 0.3) is 0 Å². The molecule has 4 heteroatoms. The molecule has 0 radical (unpaired) electrons. The molecule has 4 nitrogen and oxygen atoms in total. The number of hydrogen-bond acceptors (Lipinski definition) is 3. The van der Waals surface area contributed by atoms with Crippen molar-refractivity contribution < 1.29 is 9.90 Å². The zero-order valence-electron chi connectivity index (χ0n) is 12.7. The molecule has 116 valence electrons. The lowest BCUT2D eigenvalue weighted by atomic mass is 10.1. The van der Waals surface area contributed by atoms with E-state index in [1.54, 1.807) is 0 Å². The van der Waals surface area contributed by atoms with Crippen molar-refractivity contribution in [2.45, 2.75) is 25.5 Å². The van der Waals surface area contributed by atoms with Gasteiger partial charge in [0.05, 0.1) is 6.10 Å². The van der Waals surface area contributed by atoms with Crippen molar-refractivity contribution in [3.63, 3.8) is 0 Å². The lowest BCUT2D eigenvalue weighted by molar-refractivity contribution is -0.116. The van der Waals surface area contributed by atoms with Crippen LogP contribution in [0.1, 0.15) is 25.0 Å². The average molecular weight is 298 g/mol. The van der Waals surface area contributed by atoms with Gasteiger partial charge in [-0.3, -0.25) is 4.79 Å². The molecule has 0 saturated carbocycles. The third-order valence-electron chi connectivity index (χ3n) is 3.39. The molecule has 2 aromatic carbocycles. The molecule has 0 spiro atoms. The van der Waals surface area contributed by atoms with Crippen LogP contribution in [0.4, 0.5) is 5.69 Å². The fraction of sp³-hybridized carbons (Fsp3) is 0.278. The van der Waals surface area contributed by atoms with Gasteiger partial charge in [0.15, 0.2) is 0 Å². The maximum Gasteiger partial charge on any atom is 0.225 e. The van der Waals surface area contributed by atoms with E-state index in [2.05, 4.69) is 10.6 Å². The van der Waals surface area contributed by atoms with Crippen molar-refractivity contribution in [3.8, 4) is 0 Å². The Morgan fingerprint density at radius 3 is 2.27 bits per heavy atom. The second-order valence-corrected chi connectivity index (χ2v) is 5.35. The fourth-order valence-electron chi connectivity index (χ4n) is 2.19. The number of aliphatic hydroxyl groups is 1. The first kappa shape index (κ1) is 16.2. The number of anilines is 1. The van der Waals surface area contributed by atoms with Crippen molar-refractivity contribution in [1.29, 1.82) is 0 Å². The molecule has 0 saturated heterocycles. The van der Waals surface area contributed by atoms with Gasteiger partial charge in [-0.15, -0.1) is 0 Å². The lowest BCUT2D eigenvalue weighted by Crippen LogP contribution is -2.33. The SMILES string of the molecule is CC(CC(=O)Nc1ccccc1)NCC(O)c1ccccc1. The first-order chi connectivity index (χ1) is 10.6. The number of hydrogen-bond donors (Lipinski definition) is 3. The second-order valence-electron chi connectivity index (χ2n) is 5.35. The van der Waals surface area contributed by atoms with E-state index in [9.17, 15) is 9.90 Å². The molecule has 1 amide bonds. The first-order valence-electron chi connectivity index (χ1n) is 7.46. The quantitative estimate of drug-likeness (QED) is 0.736. The van der Waals surface area contributed by atoms with Gasteiger partial charge in [-0.25, -0.2) is 0 Å². The van der Waals surface area contributed by atoms with Gasteiger partial charge in [0.25, 0.3) is 0 Å². The van der Waals surface area contributed by atoms with Gasteiger partial charge < -0.3 is 15.7 Å². The van der Waals surface area contributed by atoms with Crippen LogP contribution >= 0.6 is 0 Å². The lowest BCUT2D eigenvalue weighted by Gasteiger charge is -2.17. The van der Waals surface area contributed by atoms with Crippen molar-refractivity contribution in [2.24, 2.45) is 0 Å². The topological polar surface area (TPSA) is 61.4 Å². The van der Waals surface area contributed by atoms with Crippen LogP contribution in [0.3, 0.4) is 0 Å². The maximum absolute atomic E-state index is 11.9. The predicted molar refractivity (Wildman–Crippen MR) is 88.6 cm³/mol. The summed E-state index contributed by atoms with van der Waals surface area (Å²) in [6.07, 6.45) is -0.211. The minimum absolute atomic E-state index is 0.0120. The van der Waals surface area contributed by atoms with Gasteiger partial charge in [0.1, 0.15) is 0 Å². The monoisotopic (exact) mass is 298 g/mol. The number of para-hydroxylation sites is 1. The highest BCUT2D eigenvalue weighted by Crippen LogP contribution is 2.11. The van der Waals surface area contributed by atoms with Crippen LogP contribution in [0, 0.1) is 0 Å². The third kappa shape index (κ3) is 5.31. The summed E-state index contributed by atoms with van der Waals surface area (Å²) in [6, 6.07) is 18.9. The van der Waals surface area contributed by atoms with Gasteiger partial charge in [-0.2, -0.15) is 0 Å². The maximum atomic E-state index is 11.9. The van der Waals surface area contributed by atoms with Crippen LogP contribution in [0.2, 0.25) is 0 Å². The molecule has 0 aliphatic carbocycles. The van der Waals surface area contributed by atoms with Crippen LogP contribution in [-0.4, -0.2) is 23.6 Å². The Hall–Kier alpha value is -2.17. The molecule has 0 aliphatic heterocycles. The van der Waals surface area contributed by atoms with Gasteiger partial charge in [-0.05, 0) is 24.6 Å². The number of benzene rings is 2. The van der Waals surface area contributed by atoms with E-state index in [4.69, 9.17) is 0 Å². The second kappa shape index (κ2) is 8.32. The van der Waals surface area contributed by atoms with Crippen molar-refractivity contribution in [2.75, 3.05) is 11.9 Å².